The zero-order chi connectivity index (χ0) is 15.4. The van der Waals surface area contributed by atoms with Crippen molar-refractivity contribution in [3.05, 3.63) is 64.7 Å². The van der Waals surface area contributed by atoms with Crippen molar-refractivity contribution in [2.75, 3.05) is 12.3 Å². The number of amides is 1. The zero-order valence-corrected chi connectivity index (χ0v) is 12.9. The van der Waals surface area contributed by atoms with Gasteiger partial charge in [-0.3, -0.25) is 4.79 Å². The molecule has 0 heterocycles. The normalized spacial score (nSPS) is 10.4. The molecular weight excluding hydrogens is 260 g/mol. The van der Waals surface area contributed by atoms with E-state index < -0.39 is 0 Å². The van der Waals surface area contributed by atoms with Crippen molar-refractivity contribution >= 4 is 11.6 Å². The van der Waals surface area contributed by atoms with E-state index in [9.17, 15) is 4.79 Å². The molecule has 2 rings (SSSR count). The van der Waals surface area contributed by atoms with Gasteiger partial charge in [-0.25, -0.2) is 0 Å². The van der Waals surface area contributed by atoms with Gasteiger partial charge in [0.15, 0.2) is 0 Å². The minimum atomic E-state index is 0.0671. The van der Waals surface area contributed by atoms with Gasteiger partial charge in [-0.2, -0.15) is 0 Å². The zero-order valence-electron chi connectivity index (χ0n) is 12.9. The molecule has 0 aliphatic carbocycles. The summed E-state index contributed by atoms with van der Waals surface area (Å²) < 4.78 is 0. The van der Waals surface area contributed by atoms with E-state index in [2.05, 4.69) is 6.92 Å². The Hall–Kier alpha value is -2.29. The highest BCUT2D eigenvalue weighted by Crippen LogP contribution is 2.15. The van der Waals surface area contributed by atoms with Gasteiger partial charge in [0.1, 0.15) is 0 Å². The van der Waals surface area contributed by atoms with E-state index in [1.54, 1.807) is 0 Å². The summed E-state index contributed by atoms with van der Waals surface area (Å²) in [6.45, 7) is 7.35. The standard InChI is InChI=1S/C18H22N2O/c1-4-20(12-15-6-9-17(19)10-7-15)18(21)16-8-5-13(2)14(3)11-16/h5-11H,4,12,19H2,1-3H3. The number of aryl methyl sites for hydroxylation is 2. The molecule has 0 fully saturated rings. The third kappa shape index (κ3) is 3.63. The van der Waals surface area contributed by atoms with Gasteiger partial charge in [-0.05, 0) is 61.7 Å². The number of carbonyl (C=O) groups excluding carboxylic acids is 1. The molecule has 0 atom stereocenters. The summed E-state index contributed by atoms with van der Waals surface area (Å²) in [7, 11) is 0. The second-order valence-corrected chi connectivity index (χ2v) is 5.36. The quantitative estimate of drug-likeness (QED) is 0.872. The molecule has 3 heteroatoms. The summed E-state index contributed by atoms with van der Waals surface area (Å²) in [5.74, 6) is 0.0671. The highest BCUT2D eigenvalue weighted by Gasteiger charge is 2.15. The van der Waals surface area contributed by atoms with Crippen LogP contribution in [0.2, 0.25) is 0 Å². The summed E-state index contributed by atoms with van der Waals surface area (Å²) in [4.78, 5) is 14.5. The second kappa shape index (κ2) is 6.44. The van der Waals surface area contributed by atoms with E-state index in [-0.39, 0.29) is 5.91 Å². The fourth-order valence-corrected chi connectivity index (χ4v) is 2.23. The largest absolute Gasteiger partial charge is 0.399 e. The molecule has 0 saturated carbocycles. The maximum Gasteiger partial charge on any atom is 0.254 e. The lowest BCUT2D eigenvalue weighted by molar-refractivity contribution is 0.0752. The van der Waals surface area contributed by atoms with Gasteiger partial charge in [-0.15, -0.1) is 0 Å². The topological polar surface area (TPSA) is 46.3 Å². The molecule has 2 aromatic carbocycles. The Morgan fingerprint density at radius 3 is 2.29 bits per heavy atom. The number of nitrogens with zero attached hydrogens (tertiary/aromatic N) is 1. The molecule has 110 valence electrons. The molecule has 0 aliphatic rings. The minimum absolute atomic E-state index is 0.0671. The highest BCUT2D eigenvalue weighted by atomic mass is 16.2. The molecule has 0 saturated heterocycles. The molecule has 0 aliphatic heterocycles. The molecule has 3 nitrogen and oxygen atoms in total. The number of nitrogen functional groups attached to an aromatic ring is 1. The van der Waals surface area contributed by atoms with E-state index in [4.69, 9.17) is 5.73 Å². The van der Waals surface area contributed by atoms with Crippen LogP contribution in [0.4, 0.5) is 5.69 Å². The first-order valence-electron chi connectivity index (χ1n) is 7.22. The summed E-state index contributed by atoms with van der Waals surface area (Å²) in [5.41, 5.74) is 10.6. The van der Waals surface area contributed by atoms with Crippen LogP contribution in [0.1, 0.15) is 34.0 Å². The van der Waals surface area contributed by atoms with Crippen molar-refractivity contribution in [3.8, 4) is 0 Å². The SMILES string of the molecule is CCN(Cc1ccc(N)cc1)C(=O)c1ccc(C)c(C)c1. The third-order valence-corrected chi connectivity index (χ3v) is 3.78. The lowest BCUT2D eigenvalue weighted by Crippen LogP contribution is -2.30. The Morgan fingerprint density at radius 2 is 1.71 bits per heavy atom. The maximum atomic E-state index is 12.6. The third-order valence-electron chi connectivity index (χ3n) is 3.78. The maximum absolute atomic E-state index is 12.6. The monoisotopic (exact) mass is 282 g/mol. The molecule has 0 radical (unpaired) electrons. The van der Waals surface area contributed by atoms with Crippen molar-refractivity contribution in [2.24, 2.45) is 0 Å². The Kier molecular flexibility index (Phi) is 4.63. The molecule has 0 aromatic heterocycles. The van der Waals surface area contributed by atoms with E-state index in [1.165, 1.54) is 5.56 Å². The van der Waals surface area contributed by atoms with Crippen molar-refractivity contribution < 1.29 is 4.79 Å². The van der Waals surface area contributed by atoms with Crippen LogP contribution in [-0.4, -0.2) is 17.4 Å². The van der Waals surface area contributed by atoms with Crippen LogP contribution in [0.5, 0.6) is 0 Å². The number of hydrogen-bond acceptors (Lipinski definition) is 2. The Balaban J connectivity index is 2.18. The van der Waals surface area contributed by atoms with Crippen LogP contribution >= 0.6 is 0 Å². The summed E-state index contributed by atoms with van der Waals surface area (Å²) in [6.07, 6.45) is 0. The number of rotatable bonds is 4. The van der Waals surface area contributed by atoms with Gasteiger partial charge in [0, 0.05) is 24.3 Å². The van der Waals surface area contributed by atoms with E-state index in [0.717, 1.165) is 22.4 Å². The summed E-state index contributed by atoms with van der Waals surface area (Å²) in [5, 5.41) is 0. The predicted molar refractivity (Wildman–Crippen MR) is 87.2 cm³/mol. The first-order valence-corrected chi connectivity index (χ1v) is 7.22. The second-order valence-electron chi connectivity index (χ2n) is 5.36. The van der Waals surface area contributed by atoms with Crippen LogP contribution in [0.3, 0.4) is 0 Å². The number of anilines is 1. The molecule has 1 amide bonds. The van der Waals surface area contributed by atoms with Crippen LogP contribution in [-0.2, 0) is 6.54 Å². The van der Waals surface area contributed by atoms with Crippen LogP contribution < -0.4 is 5.73 Å². The Bertz CT molecular complexity index is 632. The number of benzene rings is 2. The van der Waals surface area contributed by atoms with Crippen molar-refractivity contribution in [1.29, 1.82) is 0 Å². The fourth-order valence-electron chi connectivity index (χ4n) is 2.23. The van der Waals surface area contributed by atoms with Crippen LogP contribution in [0.25, 0.3) is 0 Å². The highest BCUT2D eigenvalue weighted by molar-refractivity contribution is 5.94. The van der Waals surface area contributed by atoms with E-state index in [0.29, 0.717) is 13.1 Å². The summed E-state index contributed by atoms with van der Waals surface area (Å²) in [6, 6.07) is 13.5. The average Bonchev–Trinajstić information content (AvgIpc) is 2.49. The van der Waals surface area contributed by atoms with E-state index in [1.807, 2.05) is 61.2 Å². The van der Waals surface area contributed by atoms with Crippen molar-refractivity contribution in [2.45, 2.75) is 27.3 Å². The van der Waals surface area contributed by atoms with Crippen molar-refractivity contribution in [1.82, 2.24) is 4.90 Å². The molecule has 0 unspecified atom stereocenters. The van der Waals surface area contributed by atoms with Gasteiger partial charge in [0.2, 0.25) is 0 Å². The lowest BCUT2D eigenvalue weighted by Gasteiger charge is -2.21. The van der Waals surface area contributed by atoms with Gasteiger partial charge in [0.05, 0.1) is 0 Å². The first kappa shape index (κ1) is 15.1. The molecule has 2 aromatic rings. The van der Waals surface area contributed by atoms with E-state index >= 15 is 0 Å². The van der Waals surface area contributed by atoms with Crippen LogP contribution in [0.15, 0.2) is 42.5 Å². The Labute approximate surface area is 126 Å². The summed E-state index contributed by atoms with van der Waals surface area (Å²) >= 11 is 0. The van der Waals surface area contributed by atoms with Gasteiger partial charge in [0.25, 0.3) is 5.91 Å². The number of nitrogens with two attached hydrogens (primary N) is 1. The first-order chi connectivity index (χ1) is 10.0. The molecule has 0 spiro atoms. The van der Waals surface area contributed by atoms with Gasteiger partial charge in [-0.1, -0.05) is 18.2 Å². The van der Waals surface area contributed by atoms with Gasteiger partial charge >= 0.3 is 0 Å². The lowest BCUT2D eigenvalue weighted by atomic mass is 10.1. The van der Waals surface area contributed by atoms with Gasteiger partial charge < -0.3 is 10.6 Å². The number of carbonyl (C=O) groups is 1. The minimum Gasteiger partial charge on any atom is -0.399 e. The van der Waals surface area contributed by atoms with Crippen LogP contribution in [0, 0.1) is 13.8 Å². The number of hydrogen-bond donors (Lipinski definition) is 1. The Morgan fingerprint density at radius 1 is 1.05 bits per heavy atom. The molecule has 2 N–H and O–H groups in total. The average molecular weight is 282 g/mol. The smallest absolute Gasteiger partial charge is 0.254 e. The molecule has 21 heavy (non-hydrogen) atoms. The molecule has 0 bridgehead atoms. The van der Waals surface area contributed by atoms with Crippen molar-refractivity contribution in [3.63, 3.8) is 0 Å². The fraction of sp³-hybridized carbons (Fsp3) is 0.278. The molecular formula is C18H22N2O. The predicted octanol–water partition coefficient (Wildman–Crippen LogP) is 3.55.